The number of hydrogen-bond donors (Lipinski definition) is 3. The van der Waals surface area contributed by atoms with Gasteiger partial charge in [-0.05, 0) is 31.9 Å². The zero-order chi connectivity index (χ0) is 21.9. The van der Waals surface area contributed by atoms with Crippen molar-refractivity contribution in [2.24, 2.45) is 0 Å². The summed E-state index contributed by atoms with van der Waals surface area (Å²) in [6.07, 6.45) is 0.593. The molecule has 2 aliphatic rings. The highest BCUT2D eigenvalue weighted by Gasteiger charge is 2.38. The number of carbonyl (C=O) groups is 1. The Morgan fingerprint density at radius 1 is 1.27 bits per heavy atom. The quantitative estimate of drug-likeness (QED) is 0.641. The van der Waals surface area contributed by atoms with Gasteiger partial charge >= 0.3 is 12.1 Å². The van der Waals surface area contributed by atoms with Crippen LogP contribution in [-0.4, -0.2) is 57.2 Å². The number of carboxylic acid groups (broad SMARTS) is 1. The van der Waals surface area contributed by atoms with Crippen LogP contribution in [-0.2, 0) is 4.79 Å². The molecule has 1 aliphatic carbocycles. The average molecular weight is 435 g/mol. The Balaban J connectivity index is 0.000000318. The van der Waals surface area contributed by atoms with Gasteiger partial charge in [-0.2, -0.15) is 13.2 Å². The number of carboxylic acids is 1. The topological polar surface area (TPSA) is 91.5 Å². The number of hydrogen-bond acceptors (Lipinski definition) is 5. The van der Waals surface area contributed by atoms with E-state index in [4.69, 9.17) is 9.90 Å². The number of alkyl halides is 4. The first-order valence-electron chi connectivity index (χ1n) is 9.62. The van der Waals surface area contributed by atoms with Crippen LogP contribution in [0.4, 0.5) is 27.9 Å². The summed E-state index contributed by atoms with van der Waals surface area (Å²) in [6, 6.07) is 1.27. The van der Waals surface area contributed by atoms with Crippen molar-refractivity contribution in [1.29, 1.82) is 0 Å². The van der Waals surface area contributed by atoms with Gasteiger partial charge in [0, 0.05) is 18.2 Å². The van der Waals surface area contributed by atoms with Crippen LogP contribution in [0.2, 0.25) is 0 Å². The summed E-state index contributed by atoms with van der Waals surface area (Å²) < 4.78 is 61.4. The van der Waals surface area contributed by atoms with Crippen molar-refractivity contribution >= 4 is 17.4 Å². The Bertz CT molecular complexity index is 882. The summed E-state index contributed by atoms with van der Waals surface area (Å²) in [4.78, 5) is 13.1. The minimum atomic E-state index is -5.08. The average Bonchev–Trinajstić information content (AvgIpc) is 3.32. The molecule has 1 saturated heterocycles. The van der Waals surface area contributed by atoms with Crippen LogP contribution in [0.1, 0.15) is 43.7 Å². The second kappa shape index (κ2) is 9.11. The van der Waals surface area contributed by atoms with Crippen LogP contribution >= 0.6 is 0 Å². The molecule has 30 heavy (non-hydrogen) atoms. The number of nitrogens with one attached hydrogen (secondary N) is 2. The summed E-state index contributed by atoms with van der Waals surface area (Å²) in [5.41, 5.74) is 1.29. The van der Waals surface area contributed by atoms with Gasteiger partial charge < -0.3 is 15.7 Å². The lowest BCUT2D eigenvalue weighted by molar-refractivity contribution is -0.192. The monoisotopic (exact) mass is 435 g/mol. The molecule has 0 amide bonds. The van der Waals surface area contributed by atoms with Crippen LogP contribution in [0.3, 0.4) is 0 Å². The maximum Gasteiger partial charge on any atom is 0.490 e. The van der Waals surface area contributed by atoms with E-state index in [0.29, 0.717) is 30.3 Å². The van der Waals surface area contributed by atoms with Gasteiger partial charge in [-0.3, -0.25) is 0 Å². The molecule has 0 aromatic carbocycles. The standard InChI is InChI=1S/C16H21F2N5.C2HF3O2/c17-11-7-14(10-3-1-2-4-10)23-15(11)9-20-16(22-23)21-13-5-6-19-8-12(13)18;3-2(4,5)1(6)7/h7,9-10,12-13,19H,1-6,8H2,(H,21,22);(H,6,7)/t12-,13-;/m1./s1. The van der Waals surface area contributed by atoms with Crippen LogP contribution < -0.4 is 10.6 Å². The van der Waals surface area contributed by atoms with Crippen LogP contribution in [0, 0.1) is 5.82 Å². The van der Waals surface area contributed by atoms with Crippen LogP contribution in [0.5, 0.6) is 0 Å². The Morgan fingerprint density at radius 3 is 2.53 bits per heavy atom. The van der Waals surface area contributed by atoms with Crippen molar-refractivity contribution in [3.05, 3.63) is 23.8 Å². The molecule has 7 nitrogen and oxygen atoms in total. The lowest BCUT2D eigenvalue weighted by Gasteiger charge is -2.27. The minimum Gasteiger partial charge on any atom is -0.475 e. The minimum absolute atomic E-state index is 0.288. The molecule has 2 aromatic heterocycles. The molecule has 1 saturated carbocycles. The van der Waals surface area contributed by atoms with Crippen molar-refractivity contribution in [3.8, 4) is 0 Å². The number of halogens is 5. The van der Waals surface area contributed by atoms with Crippen molar-refractivity contribution in [2.45, 2.75) is 56.4 Å². The number of piperidine rings is 1. The van der Waals surface area contributed by atoms with E-state index < -0.39 is 18.3 Å². The fraction of sp³-hybridized carbons (Fsp3) is 0.611. The van der Waals surface area contributed by atoms with Gasteiger partial charge in [-0.1, -0.05) is 12.8 Å². The summed E-state index contributed by atoms with van der Waals surface area (Å²) in [6.45, 7) is 1.11. The second-order valence-corrected chi connectivity index (χ2v) is 7.34. The molecular formula is C18H22F5N5O2. The van der Waals surface area contributed by atoms with Crippen molar-refractivity contribution in [1.82, 2.24) is 19.9 Å². The predicted molar refractivity (Wildman–Crippen MR) is 97.6 cm³/mol. The number of rotatable bonds is 3. The second-order valence-electron chi connectivity index (χ2n) is 7.34. The highest BCUT2D eigenvalue weighted by atomic mass is 19.4. The van der Waals surface area contributed by atoms with Gasteiger partial charge in [0.2, 0.25) is 5.95 Å². The Labute approximate surface area is 168 Å². The molecule has 12 heteroatoms. The number of aliphatic carboxylic acids is 1. The first-order chi connectivity index (χ1) is 14.2. The highest BCUT2D eigenvalue weighted by Crippen LogP contribution is 2.35. The molecule has 3 heterocycles. The Morgan fingerprint density at radius 2 is 1.93 bits per heavy atom. The van der Waals surface area contributed by atoms with Crippen molar-refractivity contribution in [2.75, 3.05) is 18.4 Å². The molecule has 4 rings (SSSR count). The van der Waals surface area contributed by atoms with Gasteiger partial charge in [0.25, 0.3) is 0 Å². The molecule has 0 radical (unpaired) electrons. The molecule has 0 spiro atoms. The maximum atomic E-state index is 14.1. The third kappa shape index (κ3) is 5.15. The maximum absolute atomic E-state index is 14.1. The van der Waals surface area contributed by atoms with E-state index in [1.54, 1.807) is 10.6 Å². The molecule has 0 unspecified atom stereocenters. The zero-order valence-corrected chi connectivity index (χ0v) is 15.9. The molecule has 166 valence electrons. The van der Waals surface area contributed by atoms with E-state index in [2.05, 4.69) is 20.7 Å². The highest BCUT2D eigenvalue weighted by molar-refractivity contribution is 5.73. The number of aromatic nitrogens is 3. The largest absolute Gasteiger partial charge is 0.490 e. The lowest BCUT2D eigenvalue weighted by Crippen LogP contribution is -2.45. The number of nitrogens with zero attached hydrogens (tertiary/aromatic N) is 3. The SMILES string of the molecule is Fc1cc(C2CCCC2)n2nc(N[C@@H]3CCNC[C@H]3F)ncc12.O=C(O)C(F)(F)F. The van der Waals surface area contributed by atoms with Crippen LogP contribution in [0.25, 0.3) is 5.52 Å². The zero-order valence-electron chi connectivity index (χ0n) is 15.9. The lowest BCUT2D eigenvalue weighted by atomic mass is 10.0. The molecule has 0 bridgehead atoms. The van der Waals surface area contributed by atoms with Gasteiger partial charge in [0.15, 0.2) is 5.82 Å². The van der Waals surface area contributed by atoms with Crippen molar-refractivity contribution in [3.63, 3.8) is 0 Å². The van der Waals surface area contributed by atoms with E-state index in [1.807, 2.05) is 0 Å². The fourth-order valence-corrected chi connectivity index (χ4v) is 3.70. The molecule has 2 atom stereocenters. The van der Waals surface area contributed by atoms with Crippen molar-refractivity contribution < 1.29 is 31.9 Å². The Kier molecular flexibility index (Phi) is 6.74. The molecule has 2 aromatic rings. The normalized spacial score (nSPS) is 22.6. The van der Waals surface area contributed by atoms with E-state index >= 15 is 0 Å². The smallest absolute Gasteiger partial charge is 0.475 e. The molecule has 3 N–H and O–H groups in total. The summed E-state index contributed by atoms with van der Waals surface area (Å²) >= 11 is 0. The first-order valence-corrected chi connectivity index (χ1v) is 9.62. The molecule has 2 fully saturated rings. The van der Waals surface area contributed by atoms with Crippen LogP contribution in [0.15, 0.2) is 12.3 Å². The number of anilines is 1. The van der Waals surface area contributed by atoms with E-state index in [-0.39, 0.29) is 11.9 Å². The van der Waals surface area contributed by atoms with Gasteiger partial charge in [0.1, 0.15) is 11.7 Å². The van der Waals surface area contributed by atoms with Gasteiger partial charge in [-0.15, -0.1) is 5.10 Å². The fourth-order valence-electron chi connectivity index (χ4n) is 3.70. The summed E-state index contributed by atoms with van der Waals surface area (Å²) in [5.74, 6) is -2.33. The molecule has 1 aliphatic heterocycles. The first kappa shape index (κ1) is 22.2. The predicted octanol–water partition coefficient (Wildman–Crippen LogP) is 3.27. The van der Waals surface area contributed by atoms with Gasteiger partial charge in [-0.25, -0.2) is 23.1 Å². The van der Waals surface area contributed by atoms with E-state index in [0.717, 1.165) is 25.1 Å². The molecular weight excluding hydrogens is 413 g/mol. The summed E-state index contributed by atoms with van der Waals surface area (Å²) in [7, 11) is 0. The van der Waals surface area contributed by atoms with Gasteiger partial charge in [0.05, 0.1) is 12.2 Å². The Hall–Kier alpha value is -2.50. The number of fused-ring (bicyclic) bond motifs is 1. The third-order valence-electron chi connectivity index (χ3n) is 5.23. The van der Waals surface area contributed by atoms with E-state index in [9.17, 15) is 22.0 Å². The third-order valence-corrected chi connectivity index (χ3v) is 5.23. The summed E-state index contributed by atoms with van der Waals surface area (Å²) in [5, 5.41) is 17.6. The van der Waals surface area contributed by atoms with E-state index in [1.165, 1.54) is 19.0 Å².